The second-order valence-electron chi connectivity index (χ2n) is 7.08. The summed E-state index contributed by atoms with van der Waals surface area (Å²) in [6.45, 7) is -0.182. The van der Waals surface area contributed by atoms with Crippen molar-refractivity contribution < 1.29 is 27.7 Å². The Hall–Kier alpha value is -3.72. The maximum atomic E-state index is 15.0. The Morgan fingerprint density at radius 3 is 2.73 bits per heavy atom. The van der Waals surface area contributed by atoms with Crippen LogP contribution in [0.3, 0.4) is 0 Å². The van der Waals surface area contributed by atoms with Gasteiger partial charge in [0.15, 0.2) is 11.5 Å². The number of nitrogens with one attached hydrogen (secondary N) is 1. The molecular formula is C23H18ClF2N3O4. The van der Waals surface area contributed by atoms with Gasteiger partial charge in [-0.25, -0.2) is 13.8 Å². The minimum absolute atomic E-state index is 0.00971. The lowest BCUT2D eigenvalue weighted by Crippen LogP contribution is -2.15. The highest BCUT2D eigenvalue weighted by atomic mass is 35.5. The fourth-order valence-electron chi connectivity index (χ4n) is 3.62. The number of ether oxygens (including phenoxy) is 4. The monoisotopic (exact) mass is 473 g/mol. The fourth-order valence-corrected chi connectivity index (χ4v) is 3.92. The molecule has 0 spiro atoms. The van der Waals surface area contributed by atoms with Gasteiger partial charge in [0.1, 0.15) is 47.7 Å². The number of alkyl halides is 1. The molecule has 0 amide bonds. The van der Waals surface area contributed by atoms with Gasteiger partial charge in [-0.05, 0) is 36.4 Å². The maximum Gasteiger partial charge on any atom is 0.228 e. The zero-order chi connectivity index (χ0) is 22.9. The van der Waals surface area contributed by atoms with Crippen LogP contribution in [-0.4, -0.2) is 36.6 Å². The van der Waals surface area contributed by atoms with Gasteiger partial charge in [-0.1, -0.05) is 11.6 Å². The second-order valence-corrected chi connectivity index (χ2v) is 7.46. The molecule has 0 fully saturated rings. The number of rotatable bonds is 6. The first-order valence-electron chi connectivity index (χ1n) is 9.99. The van der Waals surface area contributed by atoms with Gasteiger partial charge in [0, 0.05) is 11.8 Å². The summed E-state index contributed by atoms with van der Waals surface area (Å²) in [6.07, 6.45) is 1.71. The highest BCUT2D eigenvalue weighted by molar-refractivity contribution is 6.35. The van der Waals surface area contributed by atoms with Crippen LogP contribution in [0.5, 0.6) is 23.0 Å². The smallest absolute Gasteiger partial charge is 0.228 e. The predicted molar refractivity (Wildman–Crippen MR) is 119 cm³/mol. The normalized spacial score (nSPS) is 12.6. The minimum atomic E-state index is -1.10. The number of hydrogen-bond acceptors (Lipinski definition) is 6. The van der Waals surface area contributed by atoms with E-state index in [0.717, 1.165) is 6.07 Å². The number of fused-ring (bicyclic) bond motifs is 2. The Morgan fingerprint density at radius 1 is 1.12 bits per heavy atom. The van der Waals surface area contributed by atoms with E-state index < -0.39 is 12.7 Å². The van der Waals surface area contributed by atoms with Crippen molar-refractivity contribution in [1.29, 1.82) is 0 Å². The lowest BCUT2D eigenvalue weighted by Gasteiger charge is -2.19. The van der Waals surface area contributed by atoms with Crippen molar-refractivity contribution in [2.24, 2.45) is 0 Å². The Kier molecular flexibility index (Phi) is 5.55. The largest absolute Gasteiger partial charge is 0.495 e. The molecule has 0 saturated carbocycles. The number of aromatic nitrogens is 2. The van der Waals surface area contributed by atoms with Crippen molar-refractivity contribution in [2.45, 2.75) is 0 Å². The van der Waals surface area contributed by atoms with Gasteiger partial charge in [0.2, 0.25) is 6.86 Å². The number of imidazole rings is 1. The summed E-state index contributed by atoms with van der Waals surface area (Å²) in [5, 5.41) is 3.18. The van der Waals surface area contributed by atoms with Crippen LogP contribution < -0.4 is 24.3 Å². The summed E-state index contributed by atoms with van der Waals surface area (Å²) in [4.78, 5) is 4.58. The third-order valence-electron chi connectivity index (χ3n) is 5.13. The van der Waals surface area contributed by atoms with E-state index in [-0.39, 0.29) is 22.0 Å². The molecule has 7 nitrogen and oxygen atoms in total. The Labute approximate surface area is 192 Å². The molecule has 5 rings (SSSR count). The number of methoxy groups -OCH3 is 1. The molecule has 170 valence electrons. The Morgan fingerprint density at radius 2 is 1.94 bits per heavy atom. The van der Waals surface area contributed by atoms with Gasteiger partial charge in [-0.15, -0.1) is 0 Å². The van der Waals surface area contributed by atoms with E-state index in [9.17, 15) is 4.39 Å². The third kappa shape index (κ3) is 3.84. The predicted octanol–water partition coefficient (Wildman–Crippen LogP) is 5.62. The van der Waals surface area contributed by atoms with E-state index in [4.69, 9.17) is 30.5 Å². The van der Waals surface area contributed by atoms with E-state index >= 15 is 4.39 Å². The van der Waals surface area contributed by atoms with E-state index in [2.05, 4.69) is 10.3 Å². The van der Waals surface area contributed by atoms with Crippen LogP contribution in [0.15, 0.2) is 48.7 Å². The van der Waals surface area contributed by atoms with Crippen molar-refractivity contribution in [3.8, 4) is 34.3 Å². The molecule has 2 aromatic carbocycles. The molecular weight excluding hydrogens is 456 g/mol. The first kappa shape index (κ1) is 21.1. The van der Waals surface area contributed by atoms with Crippen LogP contribution in [0.2, 0.25) is 5.02 Å². The zero-order valence-electron chi connectivity index (χ0n) is 17.4. The molecule has 0 radical (unpaired) electrons. The summed E-state index contributed by atoms with van der Waals surface area (Å²) >= 11 is 6.41. The molecule has 1 N–H and O–H groups in total. The van der Waals surface area contributed by atoms with Crippen LogP contribution in [0.4, 0.5) is 20.3 Å². The first-order valence-corrected chi connectivity index (χ1v) is 10.4. The fraction of sp³-hybridized carbons (Fsp3) is 0.174. The number of pyridine rings is 1. The molecule has 1 aliphatic rings. The highest BCUT2D eigenvalue weighted by Crippen LogP contribution is 2.42. The standard InChI is InChI=1S/C23H18ClF2N3O4/c1-30-14-3-7-19-28-22(20-15(26)4-6-17(21(20)24)33-12-25)23(29(19)11-14)27-13-2-5-16-18(10-13)32-9-8-31-16/h2-7,10-11,27H,8-9,12H2,1H3. The van der Waals surface area contributed by atoms with Crippen LogP contribution in [0, 0.1) is 5.82 Å². The summed E-state index contributed by atoms with van der Waals surface area (Å²) in [7, 11) is 1.54. The minimum Gasteiger partial charge on any atom is -0.495 e. The molecule has 3 heterocycles. The van der Waals surface area contributed by atoms with Gasteiger partial charge in [-0.3, -0.25) is 4.40 Å². The topological polar surface area (TPSA) is 66.2 Å². The van der Waals surface area contributed by atoms with Crippen LogP contribution in [0.1, 0.15) is 0 Å². The summed E-state index contributed by atoms with van der Waals surface area (Å²) in [5.41, 5.74) is 1.35. The highest BCUT2D eigenvalue weighted by Gasteiger charge is 2.24. The quantitative estimate of drug-likeness (QED) is 0.392. The van der Waals surface area contributed by atoms with E-state index in [1.54, 1.807) is 48.0 Å². The molecule has 33 heavy (non-hydrogen) atoms. The van der Waals surface area contributed by atoms with Crippen molar-refractivity contribution in [2.75, 3.05) is 32.5 Å². The molecule has 1 aliphatic heterocycles. The van der Waals surface area contributed by atoms with E-state index in [0.29, 0.717) is 47.6 Å². The van der Waals surface area contributed by atoms with Crippen molar-refractivity contribution >= 4 is 28.8 Å². The Bertz CT molecular complexity index is 1350. The van der Waals surface area contributed by atoms with Gasteiger partial charge in [-0.2, -0.15) is 0 Å². The SMILES string of the molecule is COc1ccc2nc(-c3c(F)ccc(OCF)c3Cl)c(Nc3ccc4c(c3)OCCO4)n2c1. The first-order chi connectivity index (χ1) is 16.1. The maximum absolute atomic E-state index is 15.0. The molecule has 2 aromatic heterocycles. The van der Waals surface area contributed by atoms with Crippen LogP contribution in [-0.2, 0) is 0 Å². The number of benzene rings is 2. The number of halogens is 3. The van der Waals surface area contributed by atoms with Gasteiger partial charge >= 0.3 is 0 Å². The van der Waals surface area contributed by atoms with Gasteiger partial charge in [0.25, 0.3) is 0 Å². The summed E-state index contributed by atoms with van der Waals surface area (Å²) in [5.74, 6) is 1.58. The summed E-state index contributed by atoms with van der Waals surface area (Å²) < 4.78 is 51.0. The molecule has 4 aromatic rings. The van der Waals surface area contributed by atoms with Crippen LogP contribution >= 0.6 is 11.6 Å². The summed E-state index contributed by atoms with van der Waals surface area (Å²) in [6, 6.07) is 11.3. The van der Waals surface area contributed by atoms with Crippen molar-refractivity contribution in [3.05, 3.63) is 59.5 Å². The molecule has 0 atom stereocenters. The number of anilines is 2. The second kappa shape index (κ2) is 8.67. The van der Waals surface area contributed by atoms with Gasteiger partial charge < -0.3 is 24.3 Å². The van der Waals surface area contributed by atoms with Crippen LogP contribution in [0.25, 0.3) is 16.9 Å². The molecule has 0 unspecified atom stereocenters. The number of hydrogen-bond donors (Lipinski definition) is 1. The third-order valence-corrected chi connectivity index (χ3v) is 5.51. The molecule has 0 saturated heterocycles. The van der Waals surface area contributed by atoms with Gasteiger partial charge in [0.05, 0.1) is 23.9 Å². The molecule has 10 heteroatoms. The van der Waals surface area contributed by atoms with Crippen molar-refractivity contribution in [1.82, 2.24) is 9.38 Å². The van der Waals surface area contributed by atoms with Crippen molar-refractivity contribution in [3.63, 3.8) is 0 Å². The van der Waals surface area contributed by atoms with E-state index in [1.807, 2.05) is 0 Å². The lowest BCUT2D eigenvalue weighted by atomic mass is 10.1. The average molecular weight is 474 g/mol. The average Bonchev–Trinajstić information content (AvgIpc) is 3.18. The molecule has 0 aliphatic carbocycles. The molecule has 0 bridgehead atoms. The van der Waals surface area contributed by atoms with E-state index in [1.165, 1.54) is 6.07 Å². The number of nitrogens with zero attached hydrogens (tertiary/aromatic N) is 2. The lowest BCUT2D eigenvalue weighted by molar-refractivity contribution is 0.171. The zero-order valence-corrected chi connectivity index (χ0v) is 18.2. The Balaban J connectivity index is 1.69.